The molecule has 0 unspecified atom stereocenters. The summed E-state index contributed by atoms with van der Waals surface area (Å²) in [6.07, 6.45) is 0. The number of thiazole rings is 1. The van der Waals surface area contributed by atoms with Crippen LogP contribution in [0.2, 0.25) is 0 Å². The van der Waals surface area contributed by atoms with Crippen molar-refractivity contribution in [1.29, 1.82) is 0 Å². The standard InChI is InChI=1S/C20H21N3OS/c1-23(13-16-8-4-2-5-9-16)14-19(24)21-12-20-22-18(15-25-20)17-10-6-3-7-11-17/h2-11,15H,12-14H2,1H3,(H,21,24). The number of carbonyl (C=O) groups excluding carboxylic acids is 1. The Hall–Kier alpha value is -2.50. The summed E-state index contributed by atoms with van der Waals surface area (Å²) in [6.45, 7) is 1.59. The monoisotopic (exact) mass is 351 g/mol. The number of nitrogens with zero attached hydrogens (tertiary/aromatic N) is 2. The van der Waals surface area contributed by atoms with Crippen LogP contribution in [0.3, 0.4) is 0 Å². The molecule has 1 heterocycles. The Morgan fingerprint density at radius 1 is 1.08 bits per heavy atom. The molecule has 128 valence electrons. The van der Waals surface area contributed by atoms with Gasteiger partial charge in [-0.2, -0.15) is 0 Å². The molecule has 1 amide bonds. The molecule has 0 radical (unpaired) electrons. The van der Waals surface area contributed by atoms with Crippen LogP contribution in [-0.4, -0.2) is 29.4 Å². The second kappa shape index (κ2) is 8.55. The van der Waals surface area contributed by atoms with Gasteiger partial charge in [-0.05, 0) is 12.6 Å². The maximum Gasteiger partial charge on any atom is 0.234 e. The molecule has 0 spiro atoms. The Kier molecular flexibility index (Phi) is 5.93. The van der Waals surface area contributed by atoms with Crippen molar-refractivity contribution in [2.45, 2.75) is 13.1 Å². The van der Waals surface area contributed by atoms with Gasteiger partial charge in [0.1, 0.15) is 5.01 Å². The molecular formula is C20H21N3OS. The summed E-state index contributed by atoms with van der Waals surface area (Å²) in [5.74, 6) is 0.00916. The van der Waals surface area contributed by atoms with Gasteiger partial charge >= 0.3 is 0 Å². The van der Waals surface area contributed by atoms with Crippen molar-refractivity contribution in [2.24, 2.45) is 0 Å². The Morgan fingerprint density at radius 2 is 1.76 bits per heavy atom. The van der Waals surface area contributed by atoms with E-state index in [1.54, 1.807) is 11.3 Å². The summed E-state index contributed by atoms with van der Waals surface area (Å²) in [4.78, 5) is 18.7. The van der Waals surface area contributed by atoms with Gasteiger partial charge in [-0.15, -0.1) is 11.3 Å². The van der Waals surface area contributed by atoms with Crippen molar-refractivity contribution in [1.82, 2.24) is 15.2 Å². The number of likely N-dealkylation sites (N-methyl/N-ethyl adjacent to an activating group) is 1. The average Bonchev–Trinajstić information content (AvgIpc) is 3.10. The van der Waals surface area contributed by atoms with Crippen LogP contribution in [0.15, 0.2) is 66.0 Å². The number of hydrogen-bond donors (Lipinski definition) is 1. The molecule has 0 saturated carbocycles. The second-order valence-corrected chi connectivity index (χ2v) is 6.87. The van der Waals surface area contributed by atoms with E-state index in [0.29, 0.717) is 13.1 Å². The largest absolute Gasteiger partial charge is 0.348 e. The number of amides is 1. The minimum Gasteiger partial charge on any atom is -0.348 e. The lowest BCUT2D eigenvalue weighted by atomic mass is 10.2. The summed E-state index contributed by atoms with van der Waals surface area (Å²) in [5.41, 5.74) is 3.25. The highest BCUT2D eigenvalue weighted by Crippen LogP contribution is 2.21. The van der Waals surface area contributed by atoms with Crippen LogP contribution >= 0.6 is 11.3 Å². The van der Waals surface area contributed by atoms with Gasteiger partial charge in [0, 0.05) is 17.5 Å². The summed E-state index contributed by atoms with van der Waals surface area (Å²) >= 11 is 1.57. The molecule has 25 heavy (non-hydrogen) atoms. The maximum absolute atomic E-state index is 12.1. The third kappa shape index (κ3) is 5.24. The van der Waals surface area contributed by atoms with Crippen LogP contribution in [-0.2, 0) is 17.9 Å². The van der Waals surface area contributed by atoms with Gasteiger partial charge in [0.2, 0.25) is 5.91 Å². The average molecular weight is 351 g/mol. The summed E-state index contributed by atoms with van der Waals surface area (Å²) < 4.78 is 0. The third-order valence-corrected chi connectivity index (χ3v) is 4.62. The van der Waals surface area contributed by atoms with Crippen LogP contribution < -0.4 is 5.32 Å². The molecule has 0 atom stereocenters. The number of rotatable bonds is 7. The topological polar surface area (TPSA) is 45.2 Å². The van der Waals surface area contributed by atoms with Crippen LogP contribution in [0.4, 0.5) is 0 Å². The molecular weight excluding hydrogens is 330 g/mol. The van der Waals surface area contributed by atoms with E-state index in [9.17, 15) is 4.79 Å². The van der Waals surface area contributed by atoms with Crippen LogP contribution in [0.25, 0.3) is 11.3 Å². The molecule has 4 nitrogen and oxygen atoms in total. The first-order valence-corrected chi connectivity index (χ1v) is 9.07. The third-order valence-electron chi connectivity index (χ3n) is 3.77. The molecule has 5 heteroatoms. The molecule has 0 fully saturated rings. The Labute approximate surface area is 152 Å². The van der Waals surface area contributed by atoms with Gasteiger partial charge in [0.25, 0.3) is 0 Å². The highest BCUT2D eigenvalue weighted by molar-refractivity contribution is 7.09. The maximum atomic E-state index is 12.1. The van der Waals surface area contributed by atoms with E-state index in [1.165, 1.54) is 5.56 Å². The molecule has 0 bridgehead atoms. The normalized spacial score (nSPS) is 10.8. The molecule has 0 aliphatic carbocycles. The van der Waals surface area contributed by atoms with Crippen molar-refractivity contribution in [3.8, 4) is 11.3 Å². The number of hydrogen-bond acceptors (Lipinski definition) is 4. The lowest BCUT2D eigenvalue weighted by Gasteiger charge is -2.16. The van der Waals surface area contributed by atoms with Gasteiger partial charge < -0.3 is 5.32 Å². The summed E-state index contributed by atoms with van der Waals surface area (Å²) in [7, 11) is 1.95. The van der Waals surface area contributed by atoms with Crippen molar-refractivity contribution >= 4 is 17.2 Å². The fourth-order valence-electron chi connectivity index (χ4n) is 2.56. The summed E-state index contributed by atoms with van der Waals surface area (Å²) in [6, 6.07) is 20.2. The molecule has 3 rings (SSSR count). The zero-order valence-electron chi connectivity index (χ0n) is 14.2. The molecule has 0 aliphatic rings. The van der Waals surface area contributed by atoms with Crippen LogP contribution in [0.1, 0.15) is 10.6 Å². The Morgan fingerprint density at radius 3 is 2.48 bits per heavy atom. The van der Waals surface area contributed by atoms with Crippen molar-refractivity contribution in [3.05, 3.63) is 76.6 Å². The smallest absolute Gasteiger partial charge is 0.234 e. The van der Waals surface area contributed by atoms with Gasteiger partial charge in [0.15, 0.2) is 0 Å². The van der Waals surface area contributed by atoms with E-state index < -0.39 is 0 Å². The fraction of sp³-hybridized carbons (Fsp3) is 0.200. The number of nitrogens with one attached hydrogen (secondary N) is 1. The Balaban J connectivity index is 1.47. The first-order chi connectivity index (χ1) is 12.2. The fourth-order valence-corrected chi connectivity index (χ4v) is 3.30. The van der Waals surface area contributed by atoms with Crippen molar-refractivity contribution in [2.75, 3.05) is 13.6 Å². The van der Waals surface area contributed by atoms with E-state index in [4.69, 9.17) is 0 Å². The van der Waals surface area contributed by atoms with Crippen LogP contribution in [0.5, 0.6) is 0 Å². The van der Waals surface area contributed by atoms with Gasteiger partial charge in [-0.1, -0.05) is 60.7 Å². The molecule has 3 aromatic rings. The predicted octanol–water partition coefficient (Wildman–Crippen LogP) is 3.56. The minimum absolute atomic E-state index is 0.00916. The van der Waals surface area contributed by atoms with E-state index in [-0.39, 0.29) is 5.91 Å². The zero-order valence-corrected chi connectivity index (χ0v) is 15.0. The lowest BCUT2D eigenvalue weighted by molar-refractivity contribution is -0.122. The quantitative estimate of drug-likeness (QED) is 0.708. The number of benzene rings is 2. The molecule has 0 saturated heterocycles. The van der Waals surface area contributed by atoms with Gasteiger partial charge in [-0.25, -0.2) is 4.98 Å². The molecule has 2 aromatic carbocycles. The first kappa shape index (κ1) is 17.3. The minimum atomic E-state index is 0.00916. The van der Waals surface area contributed by atoms with Gasteiger partial charge in [-0.3, -0.25) is 9.69 Å². The van der Waals surface area contributed by atoms with E-state index >= 15 is 0 Å². The number of aromatic nitrogens is 1. The molecule has 0 aliphatic heterocycles. The van der Waals surface area contributed by atoms with E-state index in [1.807, 2.05) is 65.9 Å². The van der Waals surface area contributed by atoms with E-state index in [0.717, 1.165) is 22.8 Å². The van der Waals surface area contributed by atoms with Crippen molar-refractivity contribution < 1.29 is 4.79 Å². The highest BCUT2D eigenvalue weighted by Gasteiger charge is 2.09. The predicted molar refractivity (Wildman–Crippen MR) is 102 cm³/mol. The zero-order chi connectivity index (χ0) is 17.5. The first-order valence-electron chi connectivity index (χ1n) is 8.20. The van der Waals surface area contributed by atoms with Crippen LogP contribution in [0, 0.1) is 0 Å². The lowest BCUT2D eigenvalue weighted by Crippen LogP contribution is -2.34. The van der Waals surface area contributed by atoms with E-state index in [2.05, 4.69) is 22.4 Å². The second-order valence-electron chi connectivity index (χ2n) is 5.93. The van der Waals surface area contributed by atoms with Crippen molar-refractivity contribution in [3.63, 3.8) is 0 Å². The number of carbonyl (C=O) groups is 1. The molecule has 1 aromatic heterocycles. The highest BCUT2D eigenvalue weighted by atomic mass is 32.1. The SMILES string of the molecule is CN(CC(=O)NCc1nc(-c2ccccc2)cs1)Cc1ccccc1. The summed E-state index contributed by atoms with van der Waals surface area (Å²) in [5, 5.41) is 5.89. The molecule has 1 N–H and O–H groups in total. The van der Waals surface area contributed by atoms with Gasteiger partial charge in [0.05, 0.1) is 18.8 Å². The Bertz CT molecular complexity index is 802.